The molecule has 0 aromatic carbocycles. The van der Waals surface area contributed by atoms with Crippen LogP contribution in [0.5, 0.6) is 0 Å². The highest BCUT2D eigenvalue weighted by Crippen LogP contribution is 2.06. The summed E-state index contributed by atoms with van der Waals surface area (Å²) in [5.41, 5.74) is 0. The molecule has 3 heteroatoms. The van der Waals surface area contributed by atoms with Crippen LogP contribution >= 0.6 is 11.8 Å². The number of thioether (sulfide) groups is 1. The summed E-state index contributed by atoms with van der Waals surface area (Å²) in [6, 6.07) is 1.94. The highest BCUT2D eigenvalue weighted by molar-refractivity contribution is 7.98. The number of nitrogens with zero attached hydrogens (tertiary/aromatic N) is 1. The van der Waals surface area contributed by atoms with E-state index in [1.807, 2.05) is 26.2 Å². The van der Waals surface area contributed by atoms with E-state index in [0.29, 0.717) is 0 Å². The fraction of sp³-hybridized carbons (Fsp3) is 0.500. The second-order valence-corrected chi connectivity index (χ2v) is 1.97. The van der Waals surface area contributed by atoms with E-state index < -0.39 is 0 Å². The highest BCUT2D eigenvalue weighted by atomic mass is 32.2. The Labute approximate surface area is 60.1 Å². The summed E-state index contributed by atoms with van der Waals surface area (Å²) in [5.74, 6) is 0. The van der Waals surface area contributed by atoms with Crippen LogP contribution < -0.4 is 0 Å². The number of nitrogens with one attached hydrogen (secondary N) is 1. The number of aromatic nitrogens is 2. The van der Waals surface area contributed by atoms with Gasteiger partial charge in [0.05, 0.1) is 5.03 Å². The molecule has 1 aromatic heterocycles. The lowest BCUT2D eigenvalue weighted by atomic mass is 10.8. The SMILES string of the molecule is CC.CSc1ccn[nH]1. The lowest BCUT2D eigenvalue weighted by Gasteiger charge is -1.79. The minimum atomic E-state index is 1.11. The summed E-state index contributed by atoms with van der Waals surface area (Å²) >= 11 is 1.66. The van der Waals surface area contributed by atoms with E-state index >= 15 is 0 Å². The minimum Gasteiger partial charge on any atom is -0.272 e. The van der Waals surface area contributed by atoms with Gasteiger partial charge in [-0.15, -0.1) is 11.8 Å². The van der Waals surface area contributed by atoms with E-state index in [9.17, 15) is 0 Å². The minimum absolute atomic E-state index is 1.11. The molecule has 0 aliphatic carbocycles. The Bertz CT molecular complexity index is 126. The molecule has 0 radical (unpaired) electrons. The Morgan fingerprint density at radius 3 is 2.44 bits per heavy atom. The number of hydrogen-bond acceptors (Lipinski definition) is 2. The summed E-state index contributed by atoms with van der Waals surface area (Å²) in [4.78, 5) is 0. The first kappa shape index (κ1) is 8.56. The molecule has 0 atom stereocenters. The topological polar surface area (TPSA) is 28.7 Å². The number of rotatable bonds is 1. The van der Waals surface area contributed by atoms with E-state index in [1.165, 1.54) is 0 Å². The molecule has 1 N–H and O–H groups in total. The molecule has 1 heterocycles. The van der Waals surface area contributed by atoms with Gasteiger partial charge in [-0.2, -0.15) is 5.10 Å². The number of aromatic amines is 1. The quantitative estimate of drug-likeness (QED) is 0.612. The Morgan fingerprint density at radius 1 is 1.56 bits per heavy atom. The van der Waals surface area contributed by atoms with Crippen LogP contribution in [0.15, 0.2) is 17.3 Å². The van der Waals surface area contributed by atoms with Gasteiger partial charge in [0.1, 0.15) is 0 Å². The van der Waals surface area contributed by atoms with Crippen LogP contribution in [0.4, 0.5) is 0 Å². The maximum absolute atomic E-state index is 3.75. The molecule has 0 spiro atoms. The molecular weight excluding hydrogens is 132 g/mol. The molecular formula is C6H12N2S. The van der Waals surface area contributed by atoms with Crippen molar-refractivity contribution in [1.82, 2.24) is 10.2 Å². The van der Waals surface area contributed by atoms with Crippen LogP contribution in [-0.4, -0.2) is 16.5 Å². The molecule has 0 amide bonds. The van der Waals surface area contributed by atoms with Gasteiger partial charge < -0.3 is 0 Å². The standard InChI is InChI=1S/C4H6N2S.C2H6/c1-7-4-2-3-5-6-4;1-2/h2-3H,1H3,(H,5,6);1-2H3. The van der Waals surface area contributed by atoms with Crippen LogP contribution in [0.25, 0.3) is 0 Å². The van der Waals surface area contributed by atoms with Crippen molar-refractivity contribution in [3.05, 3.63) is 12.3 Å². The summed E-state index contributed by atoms with van der Waals surface area (Å²) in [6.07, 6.45) is 3.75. The molecule has 9 heavy (non-hydrogen) atoms. The van der Waals surface area contributed by atoms with Crippen molar-refractivity contribution >= 4 is 11.8 Å². The van der Waals surface area contributed by atoms with Crippen molar-refractivity contribution in [3.63, 3.8) is 0 Å². The van der Waals surface area contributed by atoms with Gasteiger partial charge in [-0.05, 0) is 12.3 Å². The number of hydrogen-bond donors (Lipinski definition) is 1. The van der Waals surface area contributed by atoms with Gasteiger partial charge in [0.25, 0.3) is 0 Å². The van der Waals surface area contributed by atoms with Crippen molar-refractivity contribution in [3.8, 4) is 0 Å². The normalized spacial score (nSPS) is 7.89. The maximum Gasteiger partial charge on any atom is 0.0904 e. The molecule has 52 valence electrons. The average Bonchev–Trinajstić information content (AvgIpc) is 2.43. The van der Waals surface area contributed by atoms with Crippen molar-refractivity contribution in [2.45, 2.75) is 18.9 Å². The van der Waals surface area contributed by atoms with Crippen molar-refractivity contribution < 1.29 is 0 Å². The zero-order valence-corrected chi connectivity index (χ0v) is 6.83. The van der Waals surface area contributed by atoms with E-state index in [-0.39, 0.29) is 0 Å². The van der Waals surface area contributed by atoms with Crippen molar-refractivity contribution in [2.75, 3.05) is 6.26 Å². The van der Waals surface area contributed by atoms with Crippen LogP contribution in [0.1, 0.15) is 13.8 Å². The summed E-state index contributed by atoms with van der Waals surface area (Å²) < 4.78 is 0. The molecule has 2 nitrogen and oxygen atoms in total. The van der Waals surface area contributed by atoms with Crippen LogP contribution in [-0.2, 0) is 0 Å². The summed E-state index contributed by atoms with van der Waals surface area (Å²) in [7, 11) is 0. The first-order valence-corrected chi connectivity index (χ1v) is 4.19. The zero-order chi connectivity index (χ0) is 7.11. The van der Waals surface area contributed by atoms with E-state index in [2.05, 4.69) is 10.2 Å². The van der Waals surface area contributed by atoms with E-state index in [1.54, 1.807) is 18.0 Å². The number of H-pyrrole nitrogens is 1. The van der Waals surface area contributed by atoms with Gasteiger partial charge in [-0.25, -0.2) is 0 Å². The molecule has 0 bridgehead atoms. The van der Waals surface area contributed by atoms with Gasteiger partial charge in [0.2, 0.25) is 0 Å². The lowest BCUT2D eigenvalue weighted by Crippen LogP contribution is -1.65. The fourth-order valence-corrected chi connectivity index (χ4v) is 0.698. The lowest BCUT2D eigenvalue weighted by molar-refractivity contribution is 1.01. The van der Waals surface area contributed by atoms with Crippen molar-refractivity contribution in [1.29, 1.82) is 0 Å². The Hall–Kier alpha value is -0.440. The van der Waals surface area contributed by atoms with Crippen molar-refractivity contribution in [2.24, 2.45) is 0 Å². The predicted molar refractivity (Wildman–Crippen MR) is 41.7 cm³/mol. The molecule has 1 aromatic rings. The Morgan fingerprint density at radius 2 is 2.22 bits per heavy atom. The highest BCUT2D eigenvalue weighted by Gasteiger charge is 1.82. The third-order valence-corrected chi connectivity index (χ3v) is 1.36. The van der Waals surface area contributed by atoms with E-state index in [4.69, 9.17) is 0 Å². The van der Waals surface area contributed by atoms with Crippen LogP contribution in [0.3, 0.4) is 0 Å². The molecule has 0 unspecified atom stereocenters. The monoisotopic (exact) mass is 144 g/mol. The summed E-state index contributed by atoms with van der Waals surface area (Å²) in [6.45, 7) is 4.00. The predicted octanol–water partition coefficient (Wildman–Crippen LogP) is 2.16. The molecule has 0 aliphatic rings. The van der Waals surface area contributed by atoms with Gasteiger partial charge in [0, 0.05) is 6.20 Å². The molecule has 1 rings (SSSR count). The third-order valence-electron chi connectivity index (χ3n) is 0.695. The van der Waals surface area contributed by atoms with Gasteiger partial charge in [-0.1, -0.05) is 13.8 Å². The Kier molecular flexibility index (Phi) is 5.41. The zero-order valence-electron chi connectivity index (χ0n) is 6.01. The molecule has 0 aliphatic heterocycles. The second kappa shape index (κ2) is 5.69. The first-order chi connectivity index (χ1) is 4.43. The Balaban J connectivity index is 0.000000291. The largest absolute Gasteiger partial charge is 0.272 e. The fourth-order valence-electron chi connectivity index (χ4n) is 0.357. The van der Waals surface area contributed by atoms with Crippen LogP contribution in [0.2, 0.25) is 0 Å². The summed E-state index contributed by atoms with van der Waals surface area (Å²) in [5, 5.41) is 7.66. The average molecular weight is 144 g/mol. The third kappa shape index (κ3) is 3.19. The molecule has 0 saturated carbocycles. The molecule has 0 fully saturated rings. The second-order valence-electron chi connectivity index (χ2n) is 1.13. The molecule has 0 saturated heterocycles. The van der Waals surface area contributed by atoms with E-state index in [0.717, 1.165) is 5.03 Å². The van der Waals surface area contributed by atoms with Crippen LogP contribution in [0, 0.1) is 0 Å². The van der Waals surface area contributed by atoms with Gasteiger partial charge in [0.15, 0.2) is 0 Å². The maximum atomic E-state index is 3.75. The van der Waals surface area contributed by atoms with Gasteiger partial charge >= 0.3 is 0 Å². The smallest absolute Gasteiger partial charge is 0.0904 e. The first-order valence-electron chi connectivity index (χ1n) is 2.97. The van der Waals surface area contributed by atoms with Gasteiger partial charge in [-0.3, -0.25) is 5.10 Å².